The number of nitrogens with zero attached hydrogens (tertiary/aromatic N) is 3. The molecule has 1 aromatic carbocycles. The van der Waals surface area contributed by atoms with Crippen molar-refractivity contribution in [1.82, 2.24) is 14.4 Å². The molecule has 6 nitrogen and oxygen atoms in total. The van der Waals surface area contributed by atoms with Gasteiger partial charge < -0.3 is 9.47 Å². The first-order chi connectivity index (χ1) is 15.6. The summed E-state index contributed by atoms with van der Waals surface area (Å²) in [6.45, 7) is 11.8. The van der Waals surface area contributed by atoms with E-state index < -0.39 is 5.91 Å². The molecule has 0 N–H and O–H groups in total. The zero-order valence-electron chi connectivity index (χ0n) is 20.0. The molecule has 0 unspecified atom stereocenters. The highest BCUT2D eigenvalue weighted by atomic mass is 32.2. The van der Waals surface area contributed by atoms with E-state index >= 15 is 0 Å². The summed E-state index contributed by atoms with van der Waals surface area (Å²) in [7, 11) is 0. The number of rotatable bonds is 4. The van der Waals surface area contributed by atoms with Crippen molar-refractivity contribution in [3.05, 3.63) is 57.8 Å². The molecule has 0 spiro atoms. The van der Waals surface area contributed by atoms with Crippen molar-refractivity contribution in [3.8, 4) is 5.69 Å². The van der Waals surface area contributed by atoms with Gasteiger partial charge in [0.25, 0.3) is 11.1 Å². The fourth-order valence-electron chi connectivity index (χ4n) is 4.42. The van der Waals surface area contributed by atoms with Gasteiger partial charge in [-0.25, -0.2) is 0 Å². The van der Waals surface area contributed by atoms with E-state index in [4.69, 9.17) is 0 Å². The highest BCUT2D eigenvalue weighted by Crippen LogP contribution is 2.34. The van der Waals surface area contributed by atoms with Crippen LogP contribution >= 0.6 is 11.8 Å². The summed E-state index contributed by atoms with van der Waals surface area (Å²) in [6, 6.07) is 10.5. The van der Waals surface area contributed by atoms with Crippen molar-refractivity contribution in [2.75, 3.05) is 19.6 Å². The normalized spacial score (nSPS) is 18.2. The van der Waals surface area contributed by atoms with Crippen molar-refractivity contribution >= 4 is 34.9 Å². The lowest BCUT2D eigenvalue weighted by Gasteiger charge is -2.20. The van der Waals surface area contributed by atoms with Crippen LogP contribution < -0.4 is 0 Å². The molecule has 7 heteroatoms. The molecule has 2 aromatic rings. The van der Waals surface area contributed by atoms with Crippen LogP contribution in [0.5, 0.6) is 0 Å². The van der Waals surface area contributed by atoms with Crippen LogP contribution in [0.4, 0.5) is 4.79 Å². The summed E-state index contributed by atoms with van der Waals surface area (Å²) in [5.41, 5.74) is 5.35. The maximum absolute atomic E-state index is 12.9. The highest BCUT2D eigenvalue weighted by molar-refractivity contribution is 8.18. The van der Waals surface area contributed by atoms with Crippen molar-refractivity contribution in [2.45, 2.75) is 52.9 Å². The summed E-state index contributed by atoms with van der Waals surface area (Å²) >= 11 is 0.904. The van der Waals surface area contributed by atoms with Crippen LogP contribution in [0.15, 0.2) is 35.2 Å². The van der Waals surface area contributed by atoms with E-state index in [1.807, 2.05) is 19.9 Å². The third-order valence-corrected chi connectivity index (χ3v) is 7.28. The van der Waals surface area contributed by atoms with E-state index in [1.165, 1.54) is 5.56 Å². The molecule has 2 aliphatic heterocycles. The number of amides is 3. The first-order valence-electron chi connectivity index (χ1n) is 11.4. The van der Waals surface area contributed by atoms with Gasteiger partial charge in [0.15, 0.2) is 0 Å². The predicted octanol–water partition coefficient (Wildman–Crippen LogP) is 5.05. The fourth-order valence-corrected chi connectivity index (χ4v) is 5.25. The summed E-state index contributed by atoms with van der Waals surface area (Å²) in [6.07, 6.45) is 3.72. The lowest BCUT2D eigenvalue weighted by molar-refractivity contribution is -0.135. The Labute approximate surface area is 199 Å². The van der Waals surface area contributed by atoms with Gasteiger partial charge in [-0.15, -0.1) is 0 Å². The molecule has 0 saturated carbocycles. The van der Waals surface area contributed by atoms with E-state index in [1.54, 1.807) is 11.0 Å². The summed E-state index contributed by atoms with van der Waals surface area (Å²) in [4.78, 5) is 41.0. The van der Waals surface area contributed by atoms with Gasteiger partial charge in [0.1, 0.15) is 6.54 Å². The van der Waals surface area contributed by atoms with Crippen molar-refractivity contribution in [1.29, 1.82) is 0 Å². The van der Waals surface area contributed by atoms with E-state index in [9.17, 15) is 14.4 Å². The van der Waals surface area contributed by atoms with Crippen LogP contribution in [-0.2, 0) is 15.0 Å². The molecule has 3 heterocycles. The van der Waals surface area contributed by atoms with Crippen LogP contribution in [0.25, 0.3) is 11.8 Å². The average Bonchev–Trinajstić information content (AvgIpc) is 3.44. The lowest BCUT2D eigenvalue weighted by Crippen LogP contribution is -2.40. The number of imide groups is 1. The van der Waals surface area contributed by atoms with E-state index in [2.05, 4.69) is 49.6 Å². The number of likely N-dealkylation sites (tertiary alicyclic amines) is 1. The predicted molar refractivity (Wildman–Crippen MR) is 132 cm³/mol. The lowest BCUT2D eigenvalue weighted by atomic mass is 9.87. The maximum atomic E-state index is 12.9. The third-order valence-electron chi connectivity index (χ3n) is 6.37. The average molecular weight is 466 g/mol. The molecule has 33 heavy (non-hydrogen) atoms. The minimum absolute atomic E-state index is 0.0868. The number of benzene rings is 1. The Morgan fingerprint density at radius 3 is 2.30 bits per heavy atom. The zero-order valence-corrected chi connectivity index (χ0v) is 20.8. The second-order valence-electron chi connectivity index (χ2n) is 9.81. The van der Waals surface area contributed by atoms with E-state index in [-0.39, 0.29) is 23.1 Å². The molecule has 1 aromatic heterocycles. The van der Waals surface area contributed by atoms with Gasteiger partial charge in [0, 0.05) is 30.2 Å². The molecule has 2 aliphatic rings. The molecule has 3 amide bonds. The number of carbonyl (C=O) groups excluding carboxylic acids is 3. The smallest absolute Gasteiger partial charge is 0.294 e. The molecular weight excluding hydrogens is 434 g/mol. The molecule has 4 rings (SSSR count). The summed E-state index contributed by atoms with van der Waals surface area (Å²) in [5, 5.41) is -0.384. The Hall–Kier alpha value is -2.80. The second-order valence-corrected chi connectivity index (χ2v) is 10.8. The fraction of sp³-hybridized carbons (Fsp3) is 0.423. The minimum atomic E-state index is -0.392. The molecular formula is C26H31N3O3S. The van der Waals surface area contributed by atoms with E-state index in [0.29, 0.717) is 18.0 Å². The second kappa shape index (κ2) is 8.86. The first kappa shape index (κ1) is 23.4. The quantitative estimate of drug-likeness (QED) is 0.593. The number of hydrogen-bond acceptors (Lipinski definition) is 4. The van der Waals surface area contributed by atoms with Gasteiger partial charge in [-0.05, 0) is 79.3 Å². The van der Waals surface area contributed by atoms with Crippen LogP contribution in [0, 0.1) is 13.8 Å². The maximum Gasteiger partial charge on any atom is 0.294 e. The van der Waals surface area contributed by atoms with Crippen LogP contribution in [0.3, 0.4) is 0 Å². The Morgan fingerprint density at radius 1 is 1.06 bits per heavy atom. The first-order valence-corrected chi connectivity index (χ1v) is 12.2. The molecule has 174 valence electrons. The Kier molecular flexibility index (Phi) is 6.27. The van der Waals surface area contributed by atoms with Crippen LogP contribution in [0.1, 0.15) is 56.1 Å². The molecule has 2 saturated heterocycles. The highest BCUT2D eigenvalue weighted by Gasteiger charge is 2.37. The van der Waals surface area contributed by atoms with Gasteiger partial charge in [-0.2, -0.15) is 0 Å². The number of aryl methyl sites for hydroxylation is 1. The van der Waals surface area contributed by atoms with Crippen molar-refractivity contribution < 1.29 is 14.4 Å². The van der Waals surface area contributed by atoms with Gasteiger partial charge >= 0.3 is 0 Å². The van der Waals surface area contributed by atoms with Gasteiger partial charge in [0.05, 0.1) is 4.91 Å². The van der Waals surface area contributed by atoms with Gasteiger partial charge in [-0.3, -0.25) is 19.3 Å². The molecule has 0 aliphatic carbocycles. The SMILES string of the molecule is Cc1cc(/C=C2/SC(=O)N(CC(=O)N3CCCC3)C2=O)c(C)n1-c1ccc(C(C)(C)C)cc1. The standard InChI is InChI=1S/C26H31N3O3S/c1-17-14-19(18(2)29(17)21-10-8-20(9-11-21)26(3,4)5)15-22-24(31)28(25(32)33-22)16-23(30)27-12-6-7-13-27/h8-11,14-15H,6-7,12-13,16H2,1-5H3/b22-15+. The number of aromatic nitrogens is 1. The molecule has 0 bridgehead atoms. The minimum Gasteiger partial charge on any atom is -0.341 e. The van der Waals surface area contributed by atoms with Crippen LogP contribution in [-0.4, -0.2) is 51.1 Å². The number of thioether (sulfide) groups is 1. The van der Waals surface area contributed by atoms with Crippen LogP contribution in [0.2, 0.25) is 0 Å². The topological polar surface area (TPSA) is 62.6 Å². The monoisotopic (exact) mass is 465 g/mol. The molecule has 0 atom stereocenters. The van der Waals surface area contributed by atoms with Crippen molar-refractivity contribution in [2.24, 2.45) is 0 Å². The van der Waals surface area contributed by atoms with Gasteiger partial charge in [0.2, 0.25) is 5.91 Å². The largest absolute Gasteiger partial charge is 0.341 e. The Morgan fingerprint density at radius 2 is 1.70 bits per heavy atom. The summed E-state index contributed by atoms with van der Waals surface area (Å²) in [5.74, 6) is -0.551. The summed E-state index contributed by atoms with van der Waals surface area (Å²) < 4.78 is 2.15. The molecule has 2 fully saturated rings. The van der Waals surface area contributed by atoms with E-state index in [0.717, 1.165) is 52.1 Å². The third kappa shape index (κ3) is 4.64. The number of hydrogen-bond donors (Lipinski definition) is 0. The Balaban J connectivity index is 1.56. The Bertz CT molecular complexity index is 1130. The zero-order chi connectivity index (χ0) is 23.9. The molecule has 0 radical (unpaired) electrons. The van der Waals surface area contributed by atoms with Crippen molar-refractivity contribution in [3.63, 3.8) is 0 Å². The number of carbonyl (C=O) groups is 3. The van der Waals surface area contributed by atoms with Gasteiger partial charge in [-0.1, -0.05) is 32.9 Å².